The molecule has 0 radical (unpaired) electrons. The van der Waals surface area contributed by atoms with Crippen molar-refractivity contribution >= 4 is 17.0 Å². The largest absolute Gasteiger partial charge is 0.354 e. The van der Waals surface area contributed by atoms with Crippen molar-refractivity contribution in [2.24, 2.45) is 7.05 Å². The van der Waals surface area contributed by atoms with E-state index in [4.69, 9.17) is 0 Å². The minimum atomic E-state index is 0.643. The maximum Gasteiger partial charge on any atom is 0.203 e. The molecule has 1 aliphatic heterocycles. The first-order chi connectivity index (χ1) is 8.75. The minimum Gasteiger partial charge on any atom is -0.354 e. The first-order valence-electron chi connectivity index (χ1n) is 6.61. The number of imidazole rings is 1. The summed E-state index contributed by atoms with van der Waals surface area (Å²) in [5.74, 6) is 0.969. The van der Waals surface area contributed by atoms with E-state index < -0.39 is 0 Å². The van der Waals surface area contributed by atoms with Gasteiger partial charge in [0.1, 0.15) is 0 Å². The molecule has 4 nitrogen and oxygen atoms in total. The summed E-state index contributed by atoms with van der Waals surface area (Å²) in [6.07, 6.45) is 2.60. The van der Waals surface area contributed by atoms with E-state index in [-0.39, 0.29) is 0 Å². The number of benzene rings is 1. The second-order valence-corrected chi connectivity index (χ2v) is 5.14. The number of nitrogens with zero attached hydrogens (tertiary/aromatic N) is 3. The quantitative estimate of drug-likeness (QED) is 0.897. The summed E-state index contributed by atoms with van der Waals surface area (Å²) in [5.41, 5.74) is 2.24. The lowest BCUT2D eigenvalue weighted by molar-refractivity contribution is 0.322. The van der Waals surface area contributed by atoms with E-state index >= 15 is 0 Å². The second-order valence-electron chi connectivity index (χ2n) is 5.14. The van der Waals surface area contributed by atoms with Gasteiger partial charge in [-0.15, -0.1) is 0 Å². The molecule has 0 amide bonds. The number of anilines is 1. The first kappa shape index (κ1) is 11.5. The van der Waals surface area contributed by atoms with Gasteiger partial charge in [-0.2, -0.15) is 0 Å². The van der Waals surface area contributed by atoms with Gasteiger partial charge in [-0.25, -0.2) is 4.98 Å². The zero-order valence-electron chi connectivity index (χ0n) is 11.1. The topological polar surface area (TPSA) is 33.1 Å². The first-order valence-corrected chi connectivity index (χ1v) is 6.61. The summed E-state index contributed by atoms with van der Waals surface area (Å²) in [5, 5.41) is 3.48. The molecule has 2 heterocycles. The van der Waals surface area contributed by atoms with Crippen molar-refractivity contribution in [3.63, 3.8) is 0 Å². The van der Waals surface area contributed by atoms with Crippen molar-refractivity contribution in [2.75, 3.05) is 25.5 Å². The number of para-hydroxylation sites is 2. The Morgan fingerprint density at radius 1 is 1.33 bits per heavy atom. The summed E-state index contributed by atoms with van der Waals surface area (Å²) in [4.78, 5) is 7.06. The molecule has 1 fully saturated rings. The predicted octanol–water partition coefficient (Wildman–Crippen LogP) is 2.08. The zero-order valence-corrected chi connectivity index (χ0v) is 11.1. The van der Waals surface area contributed by atoms with Crippen LogP contribution < -0.4 is 5.32 Å². The fourth-order valence-electron chi connectivity index (χ4n) is 2.75. The van der Waals surface area contributed by atoms with Crippen LogP contribution in [0, 0.1) is 0 Å². The molecule has 0 saturated carbocycles. The highest BCUT2D eigenvalue weighted by Crippen LogP contribution is 2.19. The van der Waals surface area contributed by atoms with E-state index in [1.165, 1.54) is 24.9 Å². The summed E-state index contributed by atoms with van der Waals surface area (Å²) in [6.45, 7) is 2.20. The molecule has 1 N–H and O–H groups in total. The molecule has 1 atom stereocenters. The van der Waals surface area contributed by atoms with Gasteiger partial charge in [0.2, 0.25) is 5.95 Å². The van der Waals surface area contributed by atoms with Crippen molar-refractivity contribution in [2.45, 2.75) is 18.9 Å². The van der Waals surface area contributed by atoms with E-state index in [9.17, 15) is 0 Å². The van der Waals surface area contributed by atoms with Gasteiger partial charge in [0.25, 0.3) is 0 Å². The summed E-state index contributed by atoms with van der Waals surface area (Å²) >= 11 is 0. The Balaban J connectivity index is 1.76. The molecule has 18 heavy (non-hydrogen) atoms. The lowest BCUT2D eigenvalue weighted by Crippen LogP contribution is -2.32. The van der Waals surface area contributed by atoms with Crippen LogP contribution in [0.1, 0.15) is 12.8 Å². The summed E-state index contributed by atoms with van der Waals surface area (Å²) in [6, 6.07) is 8.89. The third-order valence-corrected chi connectivity index (χ3v) is 3.95. The molecule has 1 unspecified atom stereocenters. The molecule has 1 saturated heterocycles. The molecule has 4 heteroatoms. The van der Waals surface area contributed by atoms with Gasteiger partial charge in [0.15, 0.2) is 0 Å². The Hall–Kier alpha value is -1.55. The van der Waals surface area contributed by atoms with Crippen LogP contribution in [0.25, 0.3) is 11.0 Å². The van der Waals surface area contributed by atoms with E-state index in [0.29, 0.717) is 6.04 Å². The number of aromatic nitrogens is 2. The maximum atomic E-state index is 4.63. The normalized spacial score (nSPS) is 20.7. The lowest BCUT2D eigenvalue weighted by atomic mass is 10.2. The molecule has 96 valence electrons. The van der Waals surface area contributed by atoms with Crippen molar-refractivity contribution in [3.05, 3.63) is 24.3 Å². The van der Waals surface area contributed by atoms with Gasteiger partial charge in [-0.1, -0.05) is 12.1 Å². The molecule has 3 rings (SSSR count). The van der Waals surface area contributed by atoms with Crippen LogP contribution in [0.2, 0.25) is 0 Å². The fraction of sp³-hybridized carbons (Fsp3) is 0.500. The van der Waals surface area contributed by atoms with Gasteiger partial charge in [-0.3, -0.25) is 0 Å². The number of likely N-dealkylation sites (tertiary alicyclic amines) is 1. The highest BCUT2D eigenvalue weighted by atomic mass is 15.2. The molecule has 1 aromatic carbocycles. The lowest BCUT2D eigenvalue weighted by Gasteiger charge is -2.19. The third-order valence-electron chi connectivity index (χ3n) is 3.95. The van der Waals surface area contributed by atoms with Crippen molar-refractivity contribution in [1.82, 2.24) is 14.5 Å². The molecule has 0 aliphatic carbocycles. The standard InChI is InChI=1S/C14H20N4/c1-17-9-5-6-11(17)10-15-14-16-12-7-3-4-8-13(12)18(14)2/h3-4,7-8,11H,5-6,9-10H2,1-2H3,(H,15,16). The Kier molecular flexibility index (Phi) is 2.96. The maximum absolute atomic E-state index is 4.63. The monoisotopic (exact) mass is 244 g/mol. The number of fused-ring (bicyclic) bond motifs is 1. The van der Waals surface area contributed by atoms with E-state index in [1.807, 2.05) is 6.07 Å². The van der Waals surface area contributed by atoms with Crippen LogP contribution in [0.4, 0.5) is 5.95 Å². The molecule has 2 aromatic rings. The van der Waals surface area contributed by atoms with Gasteiger partial charge in [0.05, 0.1) is 11.0 Å². The molecule has 0 bridgehead atoms. The molecule has 1 aromatic heterocycles. The molecule has 1 aliphatic rings. The highest BCUT2D eigenvalue weighted by Gasteiger charge is 2.20. The van der Waals surface area contributed by atoms with Crippen LogP contribution in [0.3, 0.4) is 0 Å². The van der Waals surface area contributed by atoms with Crippen LogP contribution in [-0.2, 0) is 7.05 Å². The average Bonchev–Trinajstić information content (AvgIpc) is 2.92. The Morgan fingerprint density at radius 3 is 2.89 bits per heavy atom. The van der Waals surface area contributed by atoms with Crippen LogP contribution in [0.5, 0.6) is 0 Å². The Labute approximate surface area is 108 Å². The number of likely N-dealkylation sites (N-methyl/N-ethyl adjacent to an activating group) is 1. The number of hydrogen-bond acceptors (Lipinski definition) is 3. The predicted molar refractivity (Wildman–Crippen MR) is 74.9 cm³/mol. The number of nitrogens with one attached hydrogen (secondary N) is 1. The van der Waals surface area contributed by atoms with E-state index in [0.717, 1.165) is 18.0 Å². The highest BCUT2D eigenvalue weighted by molar-refractivity contribution is 5.78. The smallest absolute Gasteiger partial charge is 0.203 e. The van der Waals surface area contributed by atoms with Crippen molar-refractivity contribution < 1.29 is 0 Å². The van der Waals surface area contributed by atoms with Gasteiger partial charge < -0.3 is 14.8 Å². The van der Waals surface area contributed by atoms with Crippen molar-refractivity contribution in [1.29, 1.82) is 0 Å². The molecular weight excluding hydrogens is 224 g/mol. The van der Waals surface area contributed by atoms with Crippen LogP contribution in [0.15, 0.2) is 24.3 Å². The van der Waals surface area contributed by atoms with E-state index in [1.54, 1.807) is 0 Å². The van der Waals surface area contributed by atoms with Crippen LogP contribution >= 0.6 is 0 Å². The van der Waals surface area contributed by atoms with Gasteiger partial charge >= 0.3 is 0 Å². The van der Waals surface area contributed by atoms with Crippen molar-refractivity contribution in [3.8, 4) is 0 Å². The summed E-state index contributed by atoms with van der Waals surface area (Å²) in [7, 11) is 4.27. The average molecular weight is 244 g/mol. The Morgan fingerprint density at radius 2 is 2.17 bits per heavy atom. The minimum absolute atomic E-state index is 0.643. The van der Waals surface area contributed by atoms with E-state index in [2.05, 4.69) is 52.1 Å². The molecular formula is C14H20N4. The number of rotatable bonds is 3. The second kappa shape index (κ2) is 4.61. The molecule has 0 spiro atoms. The van der Waals surface area contributed by atoms with Crippen LogP contribution in [-0.4, -0.2) is 40.6 Å². The summed E-state index contributed by atoms with van der Waals surface area (Å²) < 4.78 is 2.13. The van der Waals surface area contributed by atoms with Gasteiger partial charge in [0, 0.05) is 19.6 Å². The third kappa shape index (κ3) is 1.97. The van der Waals surface area contributed by atoms with Gasteiger partial charge in [-0.05, 0) is 38.6 Å². The number of aryl methyl sites for hydroxylation is 1. The Bertz CT molecular complexity index is 546. The zero-order chi connectivity index (χ0) is 12.5. The SMILES string of the molecule is CN1CCCC1CNc1nc2ccccc2n1C. The number of hydrogen-bond donors (Lipinski definition) is 1. The fourth-order valence-corrected chi connectivity index (χ4v) is 2.75.